The third-order valence-electron chi connectivity index (χ3n) is 6.99. The molecule has 0 bridgehead atoms. The van der Waals surface area contributed by atoms with Crippen molar-refractivity contribution in [2.45, 2.75) is 69.3 Å². The Labute approximate surface area is 253 Å². The van der Waals surface area contributed by atoms with Gasteiger partial charge >= 0.3 is 11.9 Å². The first kappa shape index (κ1) is 33.6. The average molecular weight is 613 g/mol. The third kappa shape index (κ3) is 11.4. The second-order valence-electron chi connectivity index (χ2n) is 10.5. The summed E-state index contributed by atoms with van der Waals surface area (Å²) in [6.45, 7) is 0.619. The highest BCUT2D eigenvalue weighted by Gasteiger charge is 2.13. The summed E-state index contributed by atoms with van der Waals surface area (Å²) in [5.41, 5.74) is 4.27. The summed E-state index contributed by atoms with van der Waals surface area (Å²) in [5.74, 6) is -0.505. The third-order valence-corrected chi connectivity index (χ3v) is 8.11. The highest BCUT2D eigenvalue weighted by atomic mass is 32.2. The van der Waals surface area contributed by atoms with Gasteiger partial charge in [-0.2, -0.15) is 0 Å². The van der Waals surface area contributed by atoms with Crippen molar-refractivity contribution in [2.24, 2.45) is 0 Å². The van der Waals surface area contributed by atoms with Gasteiger partial charge in [-0.25, -0.2) is 8.42 Å². The van der Waals surface area contributed by atoms with Crippen LogP contribution < -0.4 is 9.47 Å². The van der Waals surface area contributed by atoms with Crippen LogP contribution in [0, 0.1) is 0 Å². The van der Waals surface area contributed by atoms with E-state index in [1.165, 1.54) is 6.26 Å². The number of ether oxygens (including phenoxy) is 2. The average Bonchev–Trinajstić information content (AvgIpc) is 2.97. The monoisotopic (exact) mass is 612 g/mol. The molecule has 3 aromatic rings. The Balaban J connectivity index is 1.51. The van der Waals surface area contributed by atoms with E-state index >= 15 is 0 Å². The van der Waals surface area contributed by atoms with Gasteiger partial charge in [-0.3, -0.25) is 9.59 Å². The van der Waals surface area contributed by atoms with Crippen LogP contribution in [0.4, 0.5) is 0 Å². The molecule has 0 fully saturated rings. The molecule has 0 heterocycles. The number of hydrogen-bond acceptors (Lipinski definition) is 7. The number of benzene rings is 3. The normalized spacial score (nSPS) is 11.3. The van der Waals surface area contributed by atoms with Crippen LogP contribution in [0.2, 0.25) is 0 Å². The van der Waals surface area contributed by atoms with E-state index in [2.05, 4.69) is 0 Å². The maximum atomic E-state index is 11.8. The minimum Gasteiger partial charge on any atom is -0.494 e. The Bertz CT molecular complexity index is 1460. The van der Waals surface area contributed by atoms with Gasteiger partial charge in [0.05, 0.1) is 24.7 Å². The summed E-state index contributed by atoms with van der Waals surface area (Å²) in [4.78, 5) is 22.2. The molecule has 0 atom stereocenters. The van der Waals surface area contributed by atoms with Gasteiger partial charge in [-0.15, -0.1) is 0 Å². The molecule has 0 saturated carbocycles. The van der Waals surface area contributed by atoms with E-state index in [9.17, 15) is 28.2 Å². The zero-order valence-electron chi connectivity index (χ0n) is 24.5. The van der Waals surface area contributed by atoms with E-state index in [1.54, 1.807) is 36.4 Å². The fourth-order valence-electron chi connectivity index (χ4n) is 4.76. The molecule has 0 aliphatic heterocycles. The number of aliphatic carboxylic acids is 2. The minimum atomic E-state index is -3.29. The van der Waals surface area contributed by atoms with Crippen LogP contribution in [0.15, 0.2) is 65.6 Å². The van der Waals surface area contributed by atoms with Crippen molar-refractivity contribution in [3.63, 3.8) is 0 Å². The van der Waals surface area contributed by atoms with E-state index in [0.29, 0.717) is 36.5 Å². The lowest BCUT2D eigenvalue weighted by Gasteiger charge is -2.15. The molecule has 3 rings (SSSR count). The Morgan fingerprint density at radius 2 is 1.44 bits per heavy atom. The van der Waals surface area contributed by atoms with Crippen LogP contribution in [0.3, 0.4) is 0 Å². The molecule has 3 aromatic carbocycles. The van der Waals surface area contributed by atoms with Gasteiger partial charge in [0.15, 0.2) is 9.84 Å². The molecule has 0 amide bonds. The van der Waals surface area contributed by atoms with Crippen molar-refractivity contribution >= 4 is 21.8 Å². The highest BCUT2D eigenvalue weighted by molar-refractivity contribution is 7.90. The number of rotatable bonds is 19. The van der Waals surface area contributed by atoms with Gasteiger partial charge < -0.3 is 24.8 Å². The number of sulfone groups is 1. The van der Waals surface area contributed by atoms with Gasteiger partial charge in [0.25, 0.3) is 0 Å². The maximum Gasteiger partial charge on any atom is 0.303 e. The lowest BCUT2D eigenvalue weighted by atomic mass is 9.97. The summed E-state index contributed by atoms with van der Waals surface area (Å²) in [5, 5.41) is 27.8. The van der Waals surface area contributed by atoms with E-state index in [4.69, 9.17) is 14.6 Å². The number of carbonyl (C=O) groups is 2. The number of unbranched alkanes of at least 4 members (excludes halogenated alkanes) is 3. The second kappa shape index (κ2) is 16.7. The van der Waals surface area contributed by atoms with Crippen molar-refractivity contribution in [3.05, 3.63) is 77.4 Å². The van der Waals surface area contributed by atoms with Gasteiger partial charge in [-0.1, -0.05) is 37.1 Å². The van der Waals surface area contributed by atoms with Crippen molar-refractivity contribution in [1.82, 2.24) is 0 Å². The zero-order chi connectivity index (χ0) is 31.2. The van der Waals surface area contributed by atoms with Crippen LogP contribution in [-0.2, 0) is 38.9 Å². The van der Waals surface area contributed by atoms with Crippen molar-refractivity contribution in [2.75, 3.05) is 19.5 Å². The van der Waals surface area contributed by atoms with E-state index in [0.717, 1.165) is 54.4 Å². The van der Waals surface area contributed by atoms with Crippen molar-refractivity contribution in [1.29, 1.82) is 0 Å². The Hall–Kier alpha value is -3.89. The number of hydrogen-bond donors (Lipinski definition) is 3. The number of carboxylic acids is 2. The topological polar surface area (TPSA) is 147 Å². The van der Waals surface area contributed by atoms with Crippen molar-refractivity contribution < 1.29 is 42.8 Å². The summed E-state index contributed by atoms with van der Waals surface area (Å²) >= 11 is 0. The summed E-state index contributed by atoms with van der Waals surface area (Å²) in [7, 11) is -3.29. The second-order valence-corrected chi connectivity index (χ2v) is 12.5. The van der Waals surface area contributed by atoms with Crippen molar-refractivity contribution in [3.8, 4) is 22.6 Å². The standard InChI is InChI=1S/C33H40O9S/c1-43(39,40)29-14-12-25(13-15-29)27-20-24(23-34)21-28(22-27)41-18-5-3-2-4-8-26-9-6-10-31(30(26)16-17-33(37)38)42-19-7-11-32(35)36/h6,9-10,12-15,20-22,34H,2-5,7-8,11,16-19,23H2,1H3,(H,35,36)(H,37,38). The Morgan fingerprint density at radius 1 is 0.744 bits per heavy atom. The smallest absolute Gasteiger partial charge is 0.303 e. The summed E-state index contributed by atoms with van der Waals surface area (Å²) in [6.07, 6.45) is 6.33. The molecule has 0 spiro atoms. The van der Waals surface area contributed by atoms with Crippen LogP contribution in [-0.4, -0.2) is 55.1 Å². The molecule has 232 valence electrons. The van der Waals surface area contributed by atoms with E-state index < -0.39 is 21.8 Å². The Kier molecular flexibility index (Phi) is 13.0. The van der Waals surface area contributed by atoms with Gasteiger partial charge in [0.1, 0.15) is 11.5 Å². The van der Waals surface area contributed by atoms with Crippen LogP contribution in [0.5, 0.6) is 11.5 Å². The molecule has 9 nitrogen and oxygen atoms in total. The fraction of sp³-hybridized carbons (Fsp3) is 0.394. The molecule has 43 heavy (non-hydrogen) atoms. The number of carboxylic acid groups (broad SMARTS) is 2. The first-order chi connectivity index (χ1) is 20.6. The van der Waals surface area contributed by atoms with E-state index in [-0.39, 0.29) is 31.0 Å². The first-order valence-corrected chi connectivity index (χ1v) is 16.3. The number of aliphatic hydroxyl groups excluding tert-OH is 1. The van der Waals surface area contributed by atoms with E-state index in [1.807, 2.05) is 24.3 Å². The predicted octanol–water partition coefficient (Wildman–Crippen LogP) is 5.69. The molecular weight excluding hydrogens is 572 g/mol. The van der Waals surface area contributed by atoms with Gasteiger partial charge in [-0.05, 0) is 96.3 Å². The molecule has 3 N–H and O–H groups in total. The largest absolute Gasteiger partial charge is 0.494 e. The zero-order valence-corrected chi connectivity index (χ0v) is 25.3. The van der Waals surface area contributed by atoms with Crippen LogP contribution >= 0.6 is 0 Å². The maximum absolute atomic E-state index is 11.8. The molecule has 0 unspecified atom stereocenters. The molecular formula is C33H40O9S. The summed E-state index contributed by atoms with van der Waals surface area (Å²) < 4.78 is 35.3. The lowest BCUT2D eigenvalue weighted by Crippen LogP contribution is -2.07. The summed E-state index contributed by atoms with van der Waals surface area (Å²) in [6, 6.07) is 17.8. The molecule has 0 aliphatic rings. The molecule has 10 heteroatoms. The lowest BCUT2D eigenvalue weighted by molar-refractivity contribution is -0.138. The molecule has 0 aromatic heterocycles. The number of aryl methyl sites for hydroxylation is 1. The quantitative estimate of drug-likeness (QED) is 0.145. The SMILES string of the molecule is CS(=O)(=O)c1ccc(-c2cc(CO)cc(OCCCCCCc3cccc(OCCCC(=O)O)c3CCC(=O)O)c2)cc1. The number of aliphatic hydroxyl groups is 1. The minimum absolute atomic E-state index is 0.00894. The molecule has 0 aliphatic carbocycles. The van der Waals surface area contributed by atoms with Crippen LogP contribution in [0.1, 0.15) is 61.6 Å². The Morgan fingerprint density at radius 3 is 2.12 bits per heavy atom. The van der Waals surface area contributed by atoms with Crippen LogP contribution in [0.25, 0.3) is 11.1 Å². The highest BCUT2D eigenvalue weighted by Crippen LogP contribution is 2.29. The molecule has 0 saturated heterocycles. The fourth-order valence-corrected chi connectivity index (χ4v) is 5.39. The predicted molar refractivity (Wildman–Crippen MR) is 163 cm³/mol. The van der Waals surface area contributed by atoms with Gasteiger partial charge in [0, 0.05) is 19.1 Å². The van der Waals surface area contributed by atoms with Gasteiger partial charge in [0.2, 0.25) is 0 Å². The first-order valence-electron chi connectivity index (χ1n) is 14.4. The molecule has 0 radical (unpaired) electrons.